The molecular formula is C19H32Cl2N4O2S. The fourth-order valence-corrected chi connectivity index (χ4v) is 3.64. The van der Waals surface area contributed by atoms with Gasteiger partial charge in [0.1, 0.15) is 0 Å². The van der Waals surface area contributed by atoms with Crippen LogP contribution in [0.4, 0.5) is 5.69 Å². The van der Waals surface area contributed by atoms with E-state index in [1.807, 2.05) is 49.9 Å². The van der Waals surface area contributed by atoms with Gasteiger partial charge in [-0.1, -0.05) is 26.0 Å². The number of nitrogens with zero attached hydrogens (tertiary/aromatic N) is 1. The van der Waals surface area contributed by atoms with Crippen LogP contribution in [0.3, 0.4) is 0 Å². The zero-order valence-corrected chi connectivity index (χ0v) is 18.9. The molecule has 0 unspecified atom stereocenters. The van der Waals surface area contributed by atoms with Crippen molar-refractivity contribution >= 4 is 54.1 Å². The summed E-state index contributed by atoms with van der Waals surface area (Å²) in [5.41, 5.74) is 7.74. The molecule has 28 heavy (non-hydrogen) atoms. The molecule has 160 valence electrons. The van der Waals surface area contributed by atoms with E-state index in [0.717, 1.165) is 18.7 Å². The lowest BCUT2D eigenvalue weighted by Crippen LogP contribution is -2.46. The molecule has 1 aliphatic heterocycles. The first-order valence-electron chi connectivity index (χ1n) is 9.18. The van der Waals surface area contributed by atoms with E-state index in [-0.39, 0.29) is 49.1 Å². The minimum absolute atomic E-state index is 0. The summed E-state index contributed by atoms with van der Waals surface area (Å²) in [6.45, 7) is 7.09. The molecule has 0 bridgehead atoms. The number of hydrogen-bond donors (Lipinski definition) is 3. The molecule has 0 radical (unpaired) electrons. The Morgan fingerprint density at radius 1 is 1.14 bits per heavy atom. The highest BCUT2D eigenvalue weighted by atomic mass is 35.5. The second-order valence-corrected chi connectivity index (χ2v) is 8.16. The Hall–Kier alpha value is -0.990. The molecule has 1 saturated heterocycles. The average Bonchev–Trinajstić information content (AvgIpc) is 2.65. The first-order chi connectivity index (χ1) is 12.5. The fraction of sp³-hybridized carbons (Fsp3) is 0.579. The number of nitrogens with two attached hydrogens (primary N) is 1. The van der Waals surface area contributed by atoms with Gasteiger partial charge in [-0.25, -0.2) is 0 Å². The average molecular weight is 451 g/mol. The minimum atomic E-state index is -0.597. The van der Waals surface area contributed by atoms with Crippen molar-refractivity contribution in [1.29, 1.82) is 0 Å². The van der Waals surface area contributed by atoms with Crippen LogP contribution in [-0.2, 0) is 16.0 Å². The molecule has 1 atom stereocenters. The third-order valence-corrected chi connectivity index (χ3v) is 5.44. The Bertz CT molecular complexity index is 596. The quantitative estimate of drug-likeness (QED) is 0.564. The van der Waals surface area contributed by atoms with Crippen LogP contribution in [0.5, 0.6) is 0 Å². The molecule has 0 aromatic heterocycles. The van der Waals surface area contributed by atoms with Gasteiger partial charge in [0, 0.05) is 36.8 Å². The van der Waals surface area contributed by atoms with Crippen molar-refractivity contribution in [2.75, 3.05) is 43.0 Å². The lowest BCUT2D eigenvalue weighted by molar-refractivity contribution is -0.125. The maximum absolute atomic E-state index is 12.0. The van der Waals surface area contributed by atoms with Gasteiger partial charge < -0.3 is 21.3 Å². The summed E-state index contributed by atoms with van der Waals surface area (Å²) in [4.78, 5) is 26.2. The highest BCUT2D eigenvalue weighted by Crippen LogP contribution is 2.13. The smallest absolute Gasteiger partial charge is 0.243 e. The molecule has 2 amide bonds. The highest BCUT2D eigenvalue weighted by molar-refractivity contribution is 7.99. The van der Waals surface area contributed by atoms with E-state index in [0.29, 0.717) is 0 Å². The van der Waals surface area contributed by atoms with Crippen LogP contribution >= 0.6 is 36.6 Å². The number of thioether (sulfide) groups is 1. The van der Waals surface area contributed by atoms with Crippen molar-refractivity contribution in [3.05, 3.63) is 29.8 Å². The second-order valence-electron chi connectivity index (χ2n) is 6.94. The standard InChI is InChI=1S/C19H30N4O2S.2ClH/c1-14(2)18(20)19(25)21-13-17(24)22-16-5-3-15(4-6-16)7-8-23-9-11-26-12-10-23;;/h3-6,14,18H,7-13,20H2,1-2H3,(H,21,25)(H,22,24);2*1H/t18-;;/m0../s1. The summed E-state index contributed by atoms with van der Waals surface area (Å²) in [5.74, 6) is 1.93. The Balaban J connectivity index is 0.00000364. The Kier molecular flexibility index (Phi) is 13.6. The Labute approximate surface area is 184 Å². The monoisotopic (exact) mass is 450 g/mol. The maximum atomic E-state index is 12.0. The number of benzene rings is 1. The van der Waals surface area contributed by atoms with Crippen LogP contribution in [-0.4, -0.2) is 60.4 Å². The third-order valence-electron chi connectivity index (χ3n) is 4.50. The van der Waals surface area contributed by atoms with Gasteiger partial charge >= 0.3 is 0 Å². The number of hydrogen-bond acceptors (Lipinski definition) is 5. The summed E-state index contributed by atoms with van der Waals surface area (Å²) in [6.07, 6.45) is 1.02. The number of nitrogens with one attached hydrogen (secondary N) is 2. The van der Waals surface area contributed by atoms with Gasteiger partial charge in [0.05, 0.1) is 12.6 Å². The third kappa shape index (κ3) is 9.47. The largest absolute Gasteiger partial charge is 0.346 e. The molecular weight excluding hydrogens is 419 g/mol. The number of carbonyl (C=O) groups excluding carboxylic acids is 2. The van der Waals surface area contributed by atoms with Crippen molar-refractivity contribution in [3.63, 3.8) is 0 Å². The minimum Gasteiger partial charge on any atom is -0.346 e. The molecule has 4 N–H and O–H groups in total. The molecule has 0 saturated carbocycles. The molecule has 2 rings (SSSR count). The number of halogens is 2. The topological polar surface area (TPSA) is 87.5 Å². The van der Waals surface area contributed by atoms with Crippen LogP contribution in [0.25, 0.3) is 0 Å². The predicted molar refractivity (Wildman–Crippen MR) is 123 cm³/mol. The highest BCUT2D eigenvalue weighted by Gasteiger charge is 2.17. The molecule has 9 heteroatoms. The van der Waals surface area contributed by atoms with Crippen LogP contribution in [0, 0.1) is 5.92 Å². The van der Waals surface area contributed by atoms with Gasteiger partial charge in [-0.3, -0.25) is 9.59 Å². The van der Waals surface area contributed by atoms with Gasteiger partial charge in [0.25, 0.3) is 0 Å². The first-order valence-corrected chi connectivity index (χ1v) is 10.3. The van der Waals surface area contributed by atoms with E-state index < -0.39 is 6.04 Å². The number of carbonyl (C=O) groups is 2. The molecule has 1 aromatic carbocycles. The number of rotatable bonds is 8. The number of amides is 2. The predicted octanol–water partition coefficient (Wildman–Crippen LogP) is 2.16. The van der Waals surface area contributed by atoms with Gasteiger partial charge in [-0.15, -0.1) is 24.8 Å². The van der Waals surface area contributed by atoms with Gasteiger partial charge in [-0.2, -0.15) is 11.8 Å². The van der Waals surface area contributed by atoms with Gasteiger partial charge in [0.15, 0.2) is 0 Å². The van der Waals surface area contributed by atoms with Crippen molar-refractivity contribution in [1.82, 2.24) is 10.2 Å². The van der Waals surface area contributed by atoms with Crippen molar-refractivity contribution in [2.45, 2.75) is 26.3 Å². The molecule has 1 fully saturated rings. The van der Waals surface area contributed by atoms with Crippen molar-refractivity contribution in [3.8, 4) is 0 Å². The Morgan fingerprint density at radius 2 is 1.75 bits per heavy atom. The lowest BCUT2D eigenvalue weighted by Gasteiger charge is -2.26. The van der Waals surface area contributed by atoms with Gasteiger partial charge in [-0.05, 0) is 30.0 Å². The van der Waals surface area contributed by atoms with E-state index in [1.165, 1.54) is 30.2 Å². The zero-order chi connectivity index (χ0) is 18.9. The van der Waals surface area contributed by atoms with Crippen molar-refractivity contribution < 1.29 is 9.59 Å². The molecule has 1 heterocycles. The SMILES string of the molecule is CC(C)[C@H](N)C(=O)NCC(=O)Nc1ccc(CCN2CCSCC2)cc1.Cl.Cl. The zero-order valence-electron chi connectivity index (χ0n) is 16.5. The molecule has 0 spiro atoms. The van der Waals surface area contributed by atoms with Crippen LogP contribution < -0.4 is 16.4 Å². The van der Waals surface area contributed by atoms with Crippen molar-refractivity contribution in [2.24, 2.45) is 11.7 Å². The van der Waals surface area contributed by atoms with E-state index in [4.69, 9.17) is 5.73 Å². The molecule has 6 nitrogen and oxygen atoms in total. The lowest BCUT2D eigenvalue weighted by atomic mass is 10.1. The maximum Gasteiger partial charge on any atom is 0.243 e. The fourth-order valence-electron chi connectivity index (χ4n) is 2.66. The molecule has 1 aliphatic rings. The van der Waals surface area contributed by atoms with E-state index in [1.54, 1.807) is 0 Å². The Morgan fingerprint density at radius 3 is 2.32 bits per heavy atom. The first kappa shape index (κ1) is 27.0. The van der Waals surface area contributed by atoms with Gasteiger partial charge in [0.2, 0.25) is 11.8 Å². The van der Waals surface area contributed by atoms with E-state index in [2.05, 4.69) is 15.5 Å². The summed E-state index contributed by atoms with van der Waals surface area (Å²) in [7, 11) is 0. The second kappa shape index (κ2) is 14.1. The molecule has 1 aromatic rings. The molecule has 0 aliphatic carbocycles. The summed E-state index contributed by atoms with van der Waals surface area (Å²) in [6, 6.07) is 7.30. The van der Waals surface area contributed by atoms with E-state index >= 15 is 0 Å². The van der Waals surface area contributed by atoms with E-state index in [9.17, 15) is 9.59 Å². The normalized spacial score (nSPS) is 15.1. The summed E-state index contributed by atoms with van der Waals surface area (Å²) >= 11 is 2.02. The van der Waals surface area contributed by atoms with Crippen LogP contribution in [0.2, 0.25) is 0 Å². The van der Waals surface area contributed by atoms with Crippen LogP contribution in [0.15, 0.2) is 24.3 Å². The summed E-state index contributed by atoms with van der Waals surface area (Å²) in [5, 5.41) is 5.36. The number of anilines is 1. The summed E-state index contributed by atoms with van der Waals surface area (Å²) < 4.78 is 0. The van der Waals surface area contributed by atoms with Crippen LogP contribution in [0.1, 0.15) is 19.4 Å².